The number of amides is 1. The highest BCUT2D eigenvalue weighted by atomic mass is 19.1. The second kappa shape index (κ2) is 3.21. The molecule has 1 amide bonds. The maximum absolute atomic E-state index is 12.4. The first-order chi connectivity index (χ1) is 6.66. The number of nitrogens with two attached hydrogens (primary N) is 1. The highest BCUT2D eigenvalue weighted by Gasteiger charge is 2.31. The number of hydrogen-bond acceptors (Lipinski definition) is 4. The van der Waals surface area contributed by atoms with Crippen LogP contribution in [0.5, 0.6) is 0 Å². The van der Waals surface area contributed by atoms with Gasteiger partial charge in [0.1, 0.15) is 0 Å². The van der Waals surface area contributed by atoms with Crippen LogP contribution in [-0.4, -0.2) is 29.2 Å². The number of primary amides is 1. The van der Waals surface area contributed by atoms with Gasteiger partial charge in [0.15, 0.2) is 5.82 Å². The molecule has 1 aliphatic heterocycles. The maximum Gasteiger partial charge on any atom is 0.233 e. The van der Waals surface area contributed by atoms with Gasteiger partial charge in [-0.2, -0.15) is 4.39 Å². The van der Waals surface area contributed by atoms with Gasteiger partial charge in [-0.15, -0.1) is 10.2 Å². The molecule has 1 fully saturated rings. The second-order valence-electron chi connectivity index (χ2n) is 3.22. The van der Waals surface area contributed by atoms with Crippen LogP contribution >= 0.6 is 0 Å². The van der Waals surface area contributed by atoms with Crippen LogP contribution in [0.4, 0.5) is 10.2 Å². The first-order valence-electron chi connectivity index (χ1n) is 4.20. The zero-order chi connectivity index (χ0) is 10.1. The molecule has 0 bridgehead atoms. The Morgan fingerprint density at radius 2 is 2.21 bits per heavy atom. The maximum atomic E-state index is 12.4. The normalized spacial score (nSPS) is 16.5. The molecule has 1 aromatic rings. The SMILES string of the molecule is NC(=O)C1CN(c2ccc(F)nn2)C1. The van der Waals surface area contributed by atoms with Crippen molar-refractivity contribution in [3.05, 3.63) is 18.1 Å². The molecule has 0 saturated carbocycles. The van der Waals surface area contributed by atoms with Gasteiger partial charge in [-0.25, -0.2) is 0 Å². The molecular formula is C8H9FN4O. The monoisotopic (exact) mass is 196 g/mol. The van der Waals surface area contributed by atoms with E-state index in [1.54, 1.807) is 0 Å². The Morgan fingerprint density at radius 1 is 1.50 bits per heavy atom. The van der Waals surface area contributed by atoms with Crippen molar-refractivity contribution in [2.45, 2.75) is 0 Å². The van der Waals surface area contributed by atoms with Gasteiger partial charge in [0, 0.05) is 13.1 Å². The van der Waals surface area contributed by atoms with Gasteiger partial charge in [0.25, 0.3) is 0 Å². The molecular weight excluding hydrogens is 187 g/mol. The lowest BCUT2D eigenvalue weighted by atomic mass is 10.00. The van der Waals surface area contributed by atoms with E-state index in [0.717, 1.165) is 0 Å². The van der Waals surface area contributed by atoms with Crippen molar-refractivity contribution < 1.29 is 9.18 Å². The van der Waals surface area contributed by atoms with Crippen molar-refractivity contribution in [2.24, 2.45) is 11.7 Å². The number of halogens is 1. The Hall–Kier alpha value is -1.72. The van der Waals surface area contributed by atoms with E-state index in [4.69, 9.17) is 5.73 Å². The molecule has 5 nitrogen and oxygen atoms in total. The average Bonchev–Trinajstić information content (AvgIpc) is 2.05. The van der Waals surface area contributed by atoms with Crippen molar-refractivity contribution >= 4 is 11.7 Å². The van der Waals surface area contributed by atoms with E-state index >= 15 is 0 Å². The fourth-order valence-corrected chi connectivity index (χ4v) is 1.32. The van der Waals surface area contributed by atoms with Gasteiger partial charge >= 0.3 is 0 Å². The molecule has 1 aliphatic rings. The fourth-order valence-electron chi connectivity index (χ4n) is 1.32. The highest BCUT2D eigenvalue weighted by molar-refractivity contribution is 5.79. The first-order valence-corrected chi connectivity index (χ1v) is 4.20. The second-order valence-corrected chi connectivity index (χ2v) is 3.22. The topological polar surface area (TPSA) is 72.1 Å². The van der Waals surface area contributed by atoms with Gasteiger partial charge in [0.05, 0.1) is 5.92 Å². The zero-order valence-electron chi connectivity index (χ0n) is 7.35. The quantitative estimate of drug-likeness (QED) is 0.694. The summed E-state index contributed by atoms with van der Waals surface area (Å²) in [5, 5.41) is 6.92. The van der Waals surface area contributed by atoms with Gasteiger partial charge in [-0.3, -0.25) is 4.79 Å². The molecule has 2 rings (SSSR count). The molecule has 14 heavy (non-hydrogen) atoms. The van der Waals surface area contributed by atoms with E-state index in [2.05, 4.69) is 10.2 Å². The third-order valence-corrected chi connectivity index (χ3v) is 2.23. The Kier molecular flexibility index (Phi) is 2.03. The zero-order valence-corrected chi connectivity index (χ0v) is 7.35. The Labute approximate surface area is 79.7 Å². The molecule has 6 heteroatoms. The molecule has 0 atom stereocenters. The molecule has 1 aromatic heterocycles. The van der Waals surface area contributed by atoms with Crippen molar-refractivity contribution in [2.75, 3.05) is 18.0 Å². The third-order valence-electron chi connectivity index (χ3n) is 2.23. The van der Waals surface area contributed by atoms with Crippen LogP contribution in [0.25, 0.3) is 0 Å². The molecule has 0 aromatic carbocycles. The van der Waals surface area contributed by atoms with Crippen LogP contribution in [0.3, 0.4) is 0 Å². The van der Waals surface area contributed by atoms with E-state index < -0.39 is 5.95 Å². The third kappa shape index (κ3) is 1.50. The summed E-state index contributed by atoms with van der Waals surface area (Å²) in [7, 11) is 0. The minimum absolute atomic E-state index is 0.123. The summed E-state index contributed by atoms with van der Waals surface area (Å²) in [4.78, 5) is 12.5. The molecule has 0 spiro atoms. The number of carbonyl (C=O) groups excluding carboxylic acids is 1. The summed E-state index contributed by atoms with van der Waals surface area (Å²) >= 11 is 0. The first kappa shape index (κ1) is 8.86. The smallest absolute Gasteiger partial charge is 0.233 e. The Balaban J connectivity index is 2.00. The molecule has 0 radical (unpaired) electrons. The average molecular weight is 196 g/mol. The summed E-state index contributed by atoms with van der Waals surface area (Å²) in [5.41, 5.74) is 5.10. The molecule has 0 aliphatic carbocycles. The van der Waals surface area contributed by atoms with Gasteiger partial charge < -0.3 is 10.6 Å². The lowest BCUT2D eigenvalue weighted by Gasteiger charge is -2.37. The summed E-state index contributed by atoms with van der Waals surface area (Å²) in [6.45, 7) is 1.07. The van der Waals surface area contributed by atoms with Gasteiger partial charge in [0.2, 0.25) is 11.9 Å². The summed E-state index contributed by atoms with van der Waals surface area (Å²) in [6, 6.07) is 2.76. The van der Waals surface area contributed by atoms with Crippen molar-refractivity contribution in [3.8, 4) is 0 Å². The molecule has 1 saturated heterocycles. The lowest BCUT2D eigenvalue weighted by molar-refractivity contribution is -0.122. The predicted molar refractivity (Wildman–Crippen MR) is 46.9 cm³/mol. The minimum Gasteiger partial charge on any atom is -0.369 e. The van der Waals surface area contributed by atoms with E-state index in [1.165, 1.54) is 12.1 Å². The number of hydrogen-bond donors (Lipinski definition) is 1. The summed E-state index contributed by atoms with van der Waals surface area (Å²) in [6.07, 6.45) is 0. The van der Waals surface area contributed by atoms with Gasteiger partial charge in [-0.05, 0) is 12.1 Å². The van der Waals surface area contributed by atoms with E-state index in [9.17, 15) is 9.18 Å². The van der Waals surface area contributed by atoms with Crippen molar-refractivity contribution in [1.29, 1.82) is 0 Å². The minimum atomic E-state index is -0.610. The number of carbonyl (C=O) groups is 1. The van der Waals surface area contributed by atoms with Crippen LogP contribution in [0.2, 0.25) is 0 Å². The molecule has 74 valence electrons. The van der Waals surface area contributed by atoms with Crippen LogP contribution < -0.4 is 10.6 Å². The van der Waals surface area contributed by atoms with Crippen LogP contribution in [0.15, 0.2) is 12.1 Å². The van der Waals surface area contributed by atoms with E-state index in [-0.39, 0.29) is 11.8 Å². The number of aromatic nitrogens is 2. The van der Waals surface area contributed by atoms with Crippen molar-refractivity contribution in [1.82, 2.24) is 10.2 Å². The van der Waals surface area contributed by atoms with E-state index in [1.807, 2.05) is 4.90 Å². The van der Waals surface area contributed by atoms with Crippen LogP contribution in [0.1, 0.15) is 0 Å². The predicted octanol–water partition coefficient (Wildman–Crippen LogP) is -0.463. The van der Waals surface area contributed by atoms with Crippen LogP contribution in [0, 0.1) is 11.9 Å². The molecule has 2 heterocycles. The summed E-state index contributed by atoms with van der Waals surface area (Å²) in [5.74, 6) is -0.470. The largest absolute Gasteiger partial charge is 0.369 e. The van der Waals surface area contributed by atoms with Crippen molar-refractivity contribution in [3.63, 3.8) is 0 Å². The number of rotatable bonds is 2. The Bertz CT molecular complexity index is 347. The molecule has 2 N–H and O–H groups in total. The highest BCUT2D eigenvalue weighted by Crippen LogP contribution is 2.21. The summed E-state index contributed by atoms with van der Waals surface area (Å²) < 4.78 is 12.4. The standard InChI is InChI=1S/C8H9FN4O/c9-6-1-2-7(12-11-6)13-3-5(4-13)8(10)14/h1-2,5H,3-4H2,(H2,10,14). The Morgan fingerprint density at radius 3 is 2.71 bits per heavy atom. The van der Waals surface area contributed by atoms with Crippen LogP contribution in [-0.2, 0) is 4.79 Å². The lowest BCUT2D eigenvalue weighted by Crippen LogP contribution is -2.52. The van der Waals surface area contributed by atoms with E-state index in [0.29, 0.717) is 18.9 Å². The number of nitrogens with zero attached hydrogens (tertiary/aromatic N) is 3. The fraction of sp³-hybridized carbons (Fsp3) is 0.375. The number of anilines is 1. The van der Waals surface area contributed by atoms with Gasteiger partial charge in [-0.1, -0.05) is 0 Å². The molecule has 0 unspecified atom stereocenters.